The molecule has 0 fully saturated rings. The minimum Gasteiger partial charge on any atom is -0.496 e. The molecule has 2 amide bonds. The van der Waals surface area contributed by atoms with Crippen LogP contribution < -0.4 is 20.9 Å². The van der Waals surface area contributed by atoms with Crippen LogP contribution in [0.2, 0.25) is 0 Å². The lowest BCUT2D eigenvalue weighted by Crippen LogP contribution is -2.48. The van der Waals surface area contributed by atoms with Crippen LogP contribution >= 0.6 is 39.5 Å². The minimum absolute atomic E-state index is 0.0132. The number of methoxy groups -OCH3 is 1. The number of carbonyl (C=O) groups excluding carboxylic acids is 2. The van der Waals surface area contributed by atoms with E-state index in [1.165, 1.54) is 17.4 Å². The lowest BCUT2D eigenvalue weighted by Gasteiger charge is -2.09. The van der Waals surface area contributed by atoms with Crippen LogP contribution in [0, 0.1) is 0 Å². The molecule has 0 saturated heterocycles. The van der Waals surface area contributed by atoms with Crippen molar-refractivity contribution in [2.45, 2.75) is 0 Å². The van der Waals surface area contributed by atoms with Crippen molar-refractivity contribution >= 4 is 62.5 Å². The zero-order valence-electron chi connectivity index (χ0n) is 13.0. The Labute approximate surface area is 162 Å². The maximum atomic E-state index is 11.9. The molecule has 0 aliphatic carbocycles. The predicted octanol–water partition coefficient (Wildman–Crippen LogP) is 2.87. The number of amides is 2. The molecule has 1 aromatic heterocycles. The van der Waals surface area contributed by atoms with Gasteiger partial charge < -0.3 is 4.74 Å². The lowest BCUT2D eigenvalue weighted by atomic mass is 10.2. The van der Waals surface area contributed by atoms with E-state index in [0.29, 0.717) is 10.6 Å². The number of halogens is 1. The maximum Gasteiger partial charge on any atom is 0.279 e. The molecule has 9 heteroatoms. The first-order valence-corrected chi connectivity index (χ1v) is 9.04. The highest BCUT2D eigenvalue weighted by atomic mass is 79.9. The molecule has 0 aliphatic heterocycles. The third-order valence-electron chi connectivity index (χ3n) is 2.88. The van der Waals surface area contributed by atoms with E-state index in [9.17, 15) is 9.59 Å². The molecule has 0 saturated carbocycles. The molecule has 2 rings (SSSR count). The summed E-state index contributed by atoms with van der Waals surface area (Å²) in [6.45, 7) is 0. The van der Waals surface area contributed by atoms with E-state index in [1.807, 2.05) is 12.1 Å². The van der Waals surface area contributed by atoms with Crippen molar-refractivity contribution in [3.63, 3.8) is 0 Å². The summed E-state index contributed by atoms with van der Waals surface area (Å²) in [5.41, 5.74) is 5.61. The largest absolute Gasteiger partial charge is 0.496 e. The van der Waals surface area contributed by atoms with Gasteiger partial charge in [0, 0.05) is 16.1 Å². The molecule has 3 N–H and O–H groups in total. The van der Waals surface area contributed by atoms with Crippen molar-refractivity contribution in [3.8, 4) is 5.75 Å². The second-order valence-corrected chi connectivity index (χ2v) is 6.87. The van der Waals surface area contributed by atoms with E-state index in [-0.39, 0.29) is 11.0 Å². The molecular weight excluding hydrogens is 426 g/mol. The number of ether oxygens (including phenoxy) is 1. The highest BCUT2D eigenvalue weighted by Gasteiger charge is 2.07. The van der Waals surface area contributed by atoms with Crippen molar-refractivity contribution < 1.29 is 14.3 Å². The summed E-state index contributed by atoms with van der Waals surface area (Å²) < 4.78 is 6.09. The first-order valence-electron chi connectivity index (χ1n) is 6.96. The number of rotatable bonds is 4. The van der Waals surface area contributed by atoms with Gasteiger partial charge in [0.1, 0.15) is 5.75 Å². The maximum absolute atomic E-state index is 11.9. The van der Waals surface area contributed by atoms with Crippen LogP contribution in [0.25, 0.3) is 6.08 Å². The number of hydrogen-bond donors (Lipinski definition) is 3. The van der Waals surface area contributed by atoms with Gasteiger partial charge in [-0.3, -0.25) is 25.8 Å². The van der Waals surface area contributed by atoms with E-state index < -0.39 is 5.91 Å². The van der Waals surface area contributed by atoms with Gasteiger partial charge in [0.05, 0.1) is 12.0 Å². The van der Waals surface area contributed by atoms with Crippen LogP contribution in [0.5, 0.6) is 5.75 Å². The molecular formula is C16H14BrN3O3S2. The van der Waals surface area contributed by atoms with Crippen LogP contribution in [0.15, 0.2) is 46.3 Å². The Kier molecular flexibility index (Phi) is 7.11. The fourth-order valence-corrected chi connectivity index (χ4v) is 2.92. The third-order valence-corrected chi connectivity index (χ3v) is 4.44. The van der Waals surface area contributed by atoms with Crippen LogP contribution in [0.3, 0.4) is 0 Å². The summed E-state index contributed by atoms with van der Waals surface area (Å²) in [4.78, 5) is 24.2. The normalized spacial score (nSPS) is 10.3. The molecule has 2 aromatic rings. The molecule has 0 aliphatic rings. The van der Waals surface area contributed by atoms with Gasteiger partial charge in [-0.1, -0.05) is 22.0 Å². The minimum atomic E-state index is -0.440. The lowest BCUT2D eigenvalue weighted by molar-refractivity contribution is -0.115. The topological polar surface area (TPSA) is 79.5 Å². The van der Waals surface area contributed by atoms with E-state index >= 15 is 0 Å². The van der Waals surface area contributed by atoms with Crippen LogP contribution in [0.4, 0.5) is 0 Å². The quantitative estimate of drug-likeness (QED) is 0.387. The number of nitrogens with one attached hydrogen (secondary N) is 3. The van der Waals surface area contributed by atoms with Gasteiger partial charge in [0.2, 0.25) is 5.91 Å². The molecule has 0 unspecified atom stereocenters. The monoisotopic (exact) mass is 439 g/mol. The first-order chi connectivity index (χ1) is 12.0. The molecule has 0 radical (unpaired) electrons. The van der Waals surface area contributed by atoms with Crippen molar-refractivity contribution in [1.82, 2.24) is 16.2 Å². The molecule has 0 bridgehead atoms. The number of hydrazine groups is 1. The van der Waals surface area contributed by atoms with Crippen molar-refractivity contribution in [2.75, 3.05) is 7.11 Å². The van der Waals surface area contributed by atoms with Gasteiger partial charge in [-0.2, -0.15) is 0 Å². The predicted molar refractivity (Wildman–Crippen MR) is 105 cm³/mol. The molecule has 1 aromatic carbocycles. The average Bonchev–Trinajstić information content (AvgIpc) is 3.12. The van der Waals surface area contributed by atoms with Crippen LogP contribution in [-0.4, -0.2) is 24.0 Å². The Bertz CT molecular complexity index is 807. The summed E-state index contributed by atoms with van der Waals surface area (Å²) in [5, 5.41) is 4.21. The van der Waals surface area contributed by atoms with E-state index in [1.54, 1.807) is 36.8 Å². The number of thiophene rings is 1. The first kappa shape index (κ1) is 19.1. The summed E-state index contributed by atoms with van der Waals surface area (Å²) >= 11 is 9.62. The highest BCUT2D eigenvalue weighted by molar-refractivity contribution is 9.10. The zero-order valence-corrected chi connectivity index (χ0v) is 16.3. The number of benzene rings is 1. The summed E-state index contributed by atoms with van der Waals surface area (Å²) in [5.74, 6) is -0.137. The number of hydrogen-bond acceptors (Lipinski definition) is 5. The van der Waals surface area contributed by atoms with Crippen LogP contribution in [-0.2, 0) is 4.79 Å². The van der Waals surface area contributed by atoms with Crippen molar-refractivity contribution in [1.29, 1.82) is 0 Å². The summed E-state index contributed by atoms with van der Waals surface area (Å²) in [6, 6.07) is 8.89. The smallest absolute Gasteiger partial charge is 0.279 e. The van der Waals surface area contributed by atoms with Gasteiger partial charge in [-0.15, -0.1) is 11.3 Å². The second-order valence-electron chi connectivity index (χ2n) is 4.59. The zero-order chi connectivity index (χ0) is 18.2. The molecule has 6 nitrogen and oxygen atoms in total. The Morgan fingerprint density at radius 2 is 2.08 bits per heavy atom. The summed E-state index contributed by atoms with van der Waals surface area (Å²) in [6.07, 6.45) is 2.92. The number of thiocarbonyl (C=S) groups is 1. The Hall–Kier alpha value is -2.23. The molecule has 0 atom stereocenters. The number of carbonyl (C=O) groups is 2. The highest BCUT2D eigenvalue weighted by Crippen LogP contribution is 2.23. The van der Waals surface area contributed by atoms with Gasteiger partial charge in [-0.25, -0.2) is 0 Å². The molecule has 1 heterocycles. The van der Waals surface area contributed by atoms with Crippen LogP contribution in [0.1, 0.15) is 15.2 Å². The fraction of sp³-hybridized carbons (Fsp3) is 0.0625. The SMILES string of the molecule is COc1ccc(Br)cc1C=CC(=O)NC(=S)NNC(=O)c1cccs1. The fourth-order valence-electron chi connectivity index (χ4n) is 1.77. The molecule has 0 spiro atoms. The van der Waals surface area contributed by atoms with E-state index in [4.69, 9.17) is 17.0 Å². The Balaban J connectivity index is 1.86. The van der Waals surface area contributed by atoms with Gasteiger partial charge in [0.25, 0.3) is 5.91 Å². The van der Waals surface area contributed by atoms with E-state index in [0.717, 1.165) is 10.0 Å². The second kappa shape index (κ2) is 9.30. The van der Waals surface area contributed by atoms with Crippen molar-refractivity contribution in [3.05, 3.63) is 56.7 Å². The van der Waals surface area contributed by atoms with Gasteiger partial charge in [-0.05, 0) is 47.9 Å². The van der Waals surface area contributed by atoms with Gasteiger partial charge in [0.15, 0.2) is 5.11 Å². The van der Waals surface area contributed by atoms with Crippen molar-refractivity contribution in [2.24, 2.45) is 0 Å². The Morgan fingerprint density at radius 1 is 1.28 bits per heavy atom. The molecule has 25 heavy (non-hydrogen) atoms. The molecule has 130 valence electrons. The standard InChI is InChI=1S/C16H14BrN3O3S2/c1-23-12-6-5-11(17)9-10(12)4-7-14(21)18-16(24)20-19-15(22)13-3-2-8-25-13/h2-9H,1H3,(H,19,22)(H2,18,20,21,24). The van der Waals surface area contributed by atoms with Gasteiger partial charge >= 0.3 is 0 Å². The van der Waals surface area contributed by atoms with E-state index in [2.05, 4.69) is 32.1 Å². The summed E-state index contributed by atoms with van der Waals surface area (Å²) in [7, 11) is 1.55. The Morgan fingerprint density at radius 3 is 2.76 bits per heavy atom. The average molecular weight is 440 g/mol. The third kappa shape index (κ3) is 5.96.